The first-order valence-corrected chi connectivity index (χ1v) is 10.6. The van der Waals surface area contributed by atoms with Gasteiger partial charge in [-0.2, -0.15) is 0 Å². The molecule has 4 rings (SSSR count). The number of ether oxygens (including phenoxy) is 3. The Morgan fingerprint density at radius 1 is 0.853 bits per heavy atom. The minimum Gasteiger partial charge on any atom is -0.507 e. The van der Waals surface area contributed by atoms with Gasteiger partial charge < -0.3 is 19.3 Å². The van der Waals surface area contributed by atoms with Crippen LogP contribution < -0.4 is 19.1 Å². The van der Waals surface area contributed by atoms with Crippen LogP contribution >= 0.6 is 0 Å². The Hall–Kier alpha value is -4.26. The molecule has 1 amide bonds. The zero-order chi connectivity index (χ0) is 24.4. The number of amides is 1. The Morgan fingerprint density at radius 3 is 2.21 bits per heavy atom. The summed E-state index contributed by atoms with van der Waals surface area (Å²) in [6.45, 7) is 1.94. The Labute approximate surface area is 197 Å². The second kappa shape index (κ2) is 9.31. The Morgan fingerprint density at radius 2 is 1.56 bits per heavy atom. The number of carbonyl (C=O) groups excluding carboxylic acids is 2. The first-order chi connectivity index (χ1) is 16.4. The second-order valence-electron chi connectivity index (χ2n) is 7.85. The quantitative estimate of drug-likeness (QED) is 0.328. The van der Waals surface area contributed by atoms with Crippen LogP contribution in [0.1, 0.15) is 22.7 Å². The SMILES string of the molecule is COc1cccc(C2/C(=C(/O)c3ccc(OC)c(OC)c3)C(=O)C(=O)N2c2ccc(C)cc2)c1. The van der Waals surface area contributed by atoms with E-state index in [1.165, 1.54) is 19.1 Å². The van der Waals surface area contributed by atoms with E-state index in [2.05, 4.69) is 0 Å². The summed E-state index contributed by atoms with van der Waals surface area (Å²) in [6.07, 6.45) is 0. The second-order valence-corrected chi connectivity index (χ2v) is 7.85. The summed E-state index contributed by atoms with van der Waals surface area (Å²) in [5, 5.41) is 11.3. The maximum Gasteiger partial charge on any atom is 0.300 e. The van der Waals surface area contributed by atoms with E-state index < -0.39 is 17.7 Å². The number of hydrogen-bond donors (Lipinski definition) is 1. The van der Waals surface area contributed by atoms with E-state index in [1.54, 1.807) is 61.7 Å². The summed E-state index contributed by atoms with van der Waals surface area (Å²) in [5.41, 5.74) is 2.50. The van der Waals surface area contributed by atoms with Gasteiger partial charge in [0.15, 0.2) is 11.5 Å². The number of nitrogens with zero attached hydrogens (tertiary/aromatic N) is 1. The summed E-state index contributed by atoms with van der Waals surface area (Å²) in [5.74, 6) is -0.375. The van der Waals surface area contributed by atoms with E-state index in [-0.39, 0.29) is 11.3 Å². The van der Waals surface area contributed by atoms with Crippen LogP contribution in [0.2, 0.25) is 0 Å². The molecule has 0 bridgehead atoms. The molecule has 0 saturated carbocycles. The molecular weight excluding hydrogens is 434 g/mol. The van der Waals surface area contributed by atoms with Crippen molar-refractivity contribution in [2.75, 3.05) is 26.2 Å². The maximum atomic E-state index is 13.3. The topological polar surface area (TPSA) is 85.3 Å². The molecule has 3 aromatic rings. The number of Topliss-reactive ketones (excluding diaryl/α,β-unsaturated/α-hetero) is 1. The van der Waals surface area contributed by atoms with Crippen molar-refractivity contribution in [3.63, 3.8) is 0 Å². The number of methoxy groups -OCH3 is 3. The highest BCUT2D eigenvalue weighted by Crippen LogP contribution is 2.43. The number of aliphatic hydroxyl groups excluding tert-OH is 1. The molecule has 1 aliphatic rings. The van der Waals surface area contributed by atoms with Gasteiger partial charge in [-0.25, -0.2) is 0 Å². The number of anilines is 1. The highest BCUT2D eigenvalue weighted by Gasteiger charge is 2.47. The number of carbonyl (C=O) groups is 2. The molecule has 0 aliphatic carbocycles. The average Bonchev–Trinajstić information content (AvgIpc) is 3.14. The fourth-order valence-corrected chi connectivity index (χ4v) is 4.07. The predicted molar refractivity (Wildman–Crippen MR) is 129 cm³/mol. The Kier molecular flexibility index (Phi) is 6.27. The fourth-order valence-electron chi connectivity index (χ4n) is 4.07. The van der Waals surface area contributed by atoms with Crippen molar-refractivity contribution < 1.29 is 28.9 Å². The number of benzene rings is 3. The average molecular weight is 459 g/mol. The van der Waals surface area contributed by atoms with Gasteiger partial charge in [0, 0.05) is 11.3 Å². The van der Waals surface area contributed by atoms with Gasteiger partial charge in [0.1, 0.15) is 11.5 Å². The van der Waals surface area contributed by atoms with Gasteiger partial charge >= 0.3 is 0 Å². The fraction of sp³-hybridized carbons (Fsp3) is 0.185. The van der Waals surface area contributed by atoms with E-state index >= 15 is 0 Å². The zero-order valence-electron chi connectivity index (χ0n) is 19.4. The monoisotopic (exact) mass is 459 g/mol. The highest BCUT2D eigenvalue weighted by atomic mass is 16.5. The summed E-state index contributed by atoms with van der Waals surface area (Å²) >= 11 is 0. The van der Waals surface area contributed by atoms with Crippen molar-refractivity contribution in [1.82, 2.24) is 0 Å². The van der Waals surface area contributed by atoms with Crippen LogP contribution in [0.15, 0.2) is 72.3 Å². The van der Waals surface area contributed by atoms with Crippen LogP contribution in [0, 0.1) is 6.92 Å². The van der Waals surface area contributed by atoms with Crippen molar-refractivity contribution >= 4 is 23.1 Å². The number of aryl methyl sites for hydroxylation is 1. The normalized spacial score (nSPS) is 17.1. The maximum absolute atomic E-state index is 13.3. The Balaban J connectivity index is 1.95. The van der Waals surface area contributed by atoms with Crippen LogP contribution in [-0.4, -0.2) is 38.1 Å². The van der Waals surface area contributed by atoms with Crippen LogP contribution in [0.25, 0.3) is 5.76 Å². The van der Waals surface area contributed by atoms with E-state index in [1.807, 2.05) is 19.1 Å². The van der Waals surface area contributed by atoms with Crippen molar-refractivity contribution in [2.45, 2.75) is 13.0 Å². The minimum atomic E-state index is -0.856. The molecule has 1 atom stereocenters. The van der Waals surface area contributed by atoms with Crippen LogP contribution in [-0.2, 0) is 9.59 Å². The molecule has 7 nitrogen and oxygen atoms in total. The lowest BCUT2D eigenvalue weighted by molar-refractivity contribution is -0.132. The molecule has 34 heavy (non-hydrogen) atoms. The van der Waals surface area contributed by atoms with Gasteiger partial charge in [-0.05, 0) is 55.0 Å². The number of rotatable bonds is 6. The predicted octanol–water partition coefficient (Wildman–Crippen LogP) is 4.65. The Bertz CT molecular complexity index is 1280. The zero-order valence-corrected chi connectivity index (χ0v) is 19.4. The molecule has 1 fully saturated rings. The van der Waals surface area contributed by atoms with Gasteiger partial charge in [-0.3, -0.25) is 14.5 Å². The van der Waals surface area contributed by atoms with Crippen LogP contribution in [0.5, 0.6) is 17.2 Å². The van der Waals surface area contributed by atoms with Gasteiger partial charge in [0.05, 0.1) is 32.9 Å². The molecule has 1 saturated heterocycles. The van der Waals surface area contributed by atoms with Gasteiger partial charge in [-0.15, -0.1) is 0 Å². The molecule has 7 heteroatoms. The van der Waals surface area contributed by atoms with Crippen molar-refractivity contribution in [1.29, 1.82) is 0 Å². The molecule has 1 unspecified atom stereocenters. The van der Waals surface area contributed by atoms with Gasteiger partial charge in [0.25, 0.3) is 11.7 Å². The molecule has 1 N–H and O–H groups in total. The summed E-state index contributed by atoms with van der Waals surface area (Å²) in [7, 11) is 4.53. The van der Waals surface area contributed by atoms with E-state index in [0.717, 1.165) is 5.56 Å². The largest absolute Gasteiger partial charge is 0.507 e. The summed E-state index contributed by atoms with van der Waals surface area (Å²) in [6, 6.07) is 18.3. The molecule has 0 aromatic heterocycles. The first-order valence-electron chi connectivity index (χ1n) is 10.6. The van der Waals surface area contributed by atoms with Gasteiger partial charge in [0.2, 0.25) is 0 Å². The third kappa shape index (κ3) is 3.96. The lowest BCUT2D eigenvalue weighted by Gasteiger charge is -2.26. The third-order valence-corrected chi connectivity index (χ3v) is 5.82. The minimum absolute atomic E-state index is 0.0222. The molecule has 174 valence electrons. The highest BCUT2D eigenvalue weighted by molar-refractivity contribution is 6.51. The number of ketones is 1. The lowest BCUT2D eigenvalue weighted by Crippen LogP contribution is -2.29. The van der Waals surface area contributed by atoms with Crippen LogP contribution in [0.4, 0.5) is 5.69 Å². The van der Waals surface area contributed by atoms with Crippen molar-refractivity contribution in [3.05, 3.63) is 89.0 Å². The molecule has 3 aromatic carbocycles. The molecule has 0 radical (unpaired) electrons. The van der Waals surface area contributed by atoms with Crippen molar-refractivity contribution in [3.8, 4) is 17.2 Å². The number of aliphatic hydroxyl groups is 1. The summed E-state index contributed by atoms with van der Waals surface area (Å²) < 4.78 is 16.0. The molecular formula is C27H25NO6. The molecule has 0 spiro atoms. The van der Waals surface area contributed by atoms with Crippen molar-refractivity contribution in [2.24, 2.45) is 0 Å². The van der Waals surface area contributed by atoms with E-state index in [4.69, 9.17) is 14.2 Å². The molecule has 1 heterocycles. The van der Waals surface area contributed by atoms with E-state index in [9.17, 15) is 14.7 Å². The lowest BCUT2D eigenvalue weighted by atomic mass is 9.94. The standard InChI is InChI=1S/C27H25NO6/c1-16-8-11-19(12-9-16)28-24(17-6-5-7-20(14-17)32-2)23(26(30)27(28)31)25(29)18-10-13-21(33-3)22(15-18)34-4/h5-15,24,29H,1-4H3/b25-23-. The smallest absolute Gasteiger partial charge is 0.300 e. The summed E-state index contributed by atoms with van der Waals surface area (Å²) in [4.78, 5) is 27.9. The first kappa shape index (κ1) is 22.9. The third-order valence-electron chi connectivity index (χ3n) is 5.82. The van der Waals surface area contributed by atoms with Crippen LogP contribution in [0.3, 0.4) is 0 Å². The number of hydrogen-bond acceptors (Lipinski definition) is 6. The molecule has 1 aliphatic heterocycles. The van der Waals surface area contributed by atoms with Gasteiger partial charge in [-0.1, -0.05) is 29.8 Å². The van der Waals surface area contributed by atoms with E-state index in [0.29, 0.717) is 34.1 Å².